The van der Waals surface area contributed by atoms with Gasteiger partial charge >= 0.3 is 5.97 Å². The molecular weight excluding hydrogens is 470 g/mol. The molecule has 0 spiro atoms. The van der Waals surface area contributed by atoms with Gasteiger partial charge in [0.1, 0.15) is 28.7 Å². The number of para-hydroxylation sites is 1. The van der Waals surface area contributed by atoms with E-state index in [0.29, 0.717) is 38.8 Å². The maximum absolute atomic E-state index is 13.2. The van der Waals surface area contributed by atoms with Crippen LogP contribution in [-0.4, -0.2) is 32.1 Å². The number of furan rings is 2. The van der Waals surface area contributed by atoms with Gasteiger partial charge in [0, 0.05) is 0 Å². The Hall–Kier alpha value is -4.12. The maximum atomic E-state index is 13.2. The number of nitrogen functional groups attached to an aromatic ring is 1. The van der Waals surface area contributed by atoms with E-state index in [0.717, 1.165) is 0 Å². The van der Waals surface area contributed by atoms with Crippen LogP contribution in [0.1, 0.15) is 34.6 Å². The zero-order valence-corrected chi connectivity index (χ0v) is 19.8. The van der Waals surface area contributed by atoms with E-state index in [2.05, 4.69) is 9.97 Å². The number of ether oxygens (including phenoxy) is 1. The summed E-state index contributed by atoms with van der Waals surface area (Å²) in [6, 6.07) is 10.7. The molecule has 0 atom stereocenters. The fraction of sp³-hybridized carbons (Fsp3) is 0.208. The van der Waals surface area contributed by atoms with Crippen molar-refractivity contribution in [2.45, 2.75) is 31.3 Å². The Morgan fingerprint density at radius 3 is 2.77 bits per heavy atom. The van der Waals surface area contributed by atoms with Gasteiger partial charge in [-0.05, 0) is 38.1 Å². The Kier molecular flexibility index (Phi) is 6.00. The summed E-state index contributed by atoms with van der Waals surface area (Å²) in [6.45, 7) is 3.82. The first-order valence-corrected chi connectivity index (χ1v) is 11.8. The molecule has 0 amide bonds. The molecule has 35 heavy (non-hydrogen) atoms. The lowest BCUT2D eigenvalue weighted by Gasteiger charge is -2.12. The van der Waals surface area contributed by atoms with Gasteiger partial charge < -0.3 is 19.3 Å². The third-order valence-electron chi connectivity index (χ3n) is 5.33. The molecule has 10 nitrogen and oxygen atoms in total. The van der Waals surface area contributed by atoms with E-state index in [1.807, 2.05) is 6.07 Å². The molecule has 0 saturated heterocycles. The molecule has 0 unspecified atom stereocenters. The van der Waals surface area contributed by atoms with Gasteiger partial charge in [0.05, 0.1) is 41.5 Å². The standard InChI is InChI=1S/C24H21N5O5S/c1-3-32-23(31)18-13(2)34-21-19(18)20(25)27-17(28-21)12-35-24-26-16-9-5-4-8-15(16)22(30)29(24)11-14-7-6-10-33-14/h4-10H,3,11-12H2,1-2H3,(H2,25,27,28). The van der Waals surface area contributed by atoms with Crippen LogP contribution in [0.2, 0.25) is 0 Å². The van der Waals surface area contributed by atoms with E-state index in [9.17, 15) is 9.59 Å². The number of esters is 1. The number of anilines is 1. The molecule has 178 valence electrons. The highest BCUT2D eigenvalue weighted by molar-refractivity contribution is 7.98. The number of hydrogen-bond acceptors (Lipinski definition) is 10. The Labute approximate surface area is 203 Å². The number of aromatic nitrogens is 4. The minimum absolute atomic E-state index is 0.116. The summed E-state index contributed by atoms with van der Waals surface area (Å²) in [5, 5.41) is 1.33. The van der Waals surface area contributed by atoms with Crippen LogP contribution in [0.5, 0.6) is 0 Å². The zero-order chi connectivity index (χ0) is 24.5. The quantitative estimate of drug-likeness (QED) is 0.202. The second kappa shape index (κ2) is 9.26. The molecule has 0 bridgehead atoms. The van der Waals surface area contributed by atoms with Gasteiger partial charge in [0.15, 0.2) is 5.16 Å². The number of carbonyl (C=O) groups is 1. The summed E-state index contributed by atoms with van der Waals surface area (Å²) >= 11 is 1.29. The summed E-state index contributed by atoms with van der Waals surface area (Å²) in [7, 11) is 0. The Bertz CT molecular complexity index is 1610. The first-order chi connectivity index (χ1) is 17.0. The number of hydrogen-bond donors (Lipinski definition) is 1. The van der Waals surface area contributed by atoms with E-state index in [1.165, 1.54) is 11.8 Å². The lowest BCUT2D eigenvalue weighted by atomic mass is 10.2. The van der Waals surface area contributed by atoms with Crippen molar-refractivity contribution in [1.82, 2.24) is 19.5 Å². The molecule has 4 aromatic heterocycles. The van der Waals surface area contributed by atoms with Gasteiger partial charge in [-0.15, -0.1) is 0 Å². The molecule has 2 N–H and O–H groups in total. The third kappa shape index (κ3) is 4.26. The highest BCUT2D eigenvalue weighted by atomic mass is 32.2. The average Bonchev–Trinajstić information content (AvgIpc) is 3.47. The molecule has 0 saturated carbocycles. The highest BCUT2D eigenvalue weighted by Crippen LogP contribution is 2.30. The molecule has 0 aliphatic rings. The summed E-state index contributed by atoms with van der Waals surface area (Å²) in [6.07, 6.45) is 1.56. The van der Waals surface area contributed by atoms with Gasteiger partial charge in [-0.1, -0.05) is 23.9 Å². The minimum Gasteiger partial charge on any atom is -0.467 e. The Morgan fingerprint density at radius 2 is 2.00 bits per heavy atom. The molecule has 5 rings (SSSR count). The Balaban J connectivity index is 1.51. The van der Waals surface area contributed by atoms with Crippen LogP contribution >= 0.6 is 11.8 Å². The van der Waals surface area contributed by atoms with Crippen molar-refractivity contribution in [3.8, 4) is 0 Å². The van der Waals surface area contributed by atoms with Crippen LogP contribution in [0.3, 0.4) is 0 Å². The topological polar surface area (TPSA) is 139 Å². The SMILES string of the molecule is CCOC(=O)c1c(C)oc2nc(CSc3nc4ccccc4c(=O)n3Cc3ccco3)nc(N)c12. The number of nitrogens with zero attached hydrogens (tertiary/aromatic N) is 4. The number of fused-ring (bicyclic) bond motifs is 2. The van der Waals surface area contributed by atoms with Crippen LogP contribution in [0.4, 0.5) is 5.82 Å². The molecule has 4 heterocycles. The number of thioether (sulfide) groups is 1. The zero-order valence-electron chi connectivity index (χ0n) is 19.0. The third-order valence-corrected chi connectivity index (χ3v) is 6.30. The fourth-order valence-electron chi connectivity index (χ4n) is 3.78. The van der Waals surface area contributed by atoms with Crippen molar-refractivity contribution in [2.75, 3.05) is 12.3 Å². The number of benzene rings is 1. The highest BCUT2D eigenvalue weighted by Gasteiger charge is 2.24. The lowest BCUT2D eigenvalue weighted by Crippen LogP contribution is -2.23. The van der Waals surface area contributed by atoms with Crippen LogP contribution in [0.15, 0.2) is 61.4 Å². The number of aryl methyl sites for hydroxylation is 1. The van der Waals surface area contributed by atoms with E-state index >= 15 is 0 Å². The van der Waals surface area contributed by atoms with Gasteiger partial charge in [0.2, 0.25) is 5.71 Å². The van der Waals surface area contributed by atoms with Crippen molar-refractivity contribution in [1.29, 1.82) is 0 Å². The normalized spacial score (nSPS) is 11.4. The first-order valence-electron chi connectivity index (χ1n) is 10.8. The molecular formula is C24H21N5O5S. The van der Waals surface area contributed by atoms with Crippen LogP contribution in [0, 0.1) is 6.92 Å². The van der Waals surface area contributed by atoms with E-state index < -0.39 is 5.97 Å². The number of nitrogens with two attached hydrogens (primary N) is 1. The number of rotatable bonds is 7. The average molecular weight is 492 g/mol. The fourth-order valence-corrected chi connectivity index (χ4v) is 4.64. The van der Waals surface area contributed by atoms with E-state index in [-0.39, 0.29) is 41.6 Å². The van der Waals surface area contributed by atoms with Crippen molar-refractivity contribution in [2.24, 2.45) is 0 Å². The van der Waals surface area contributed by atoms with Crippen LogP contribution in [-0.2, 0) is 17.0 Å². The second-order valence-electron chi connectivity index (χ2n) is 7.63. The van der Waals surface area contributed by atoms with E-state index in [4.69, 9.17) is 24.3 Å². The molecule has 0 radical (unpaired) electrons. The maximum Gasteiger partial charge on any atom is 0.342 e. The molecule has 0 fully saturated rings. The summed E-state index contributed by atoms with van der Waals surface area (Å²) in [4.78, 5) is 39.1. The van der Waals surface area contributed by atoms with E-state index in [1.54, 1.807) is 55.0 Å². The predicted molar refractivity (Wildman–Crippen MR) is 130 cm³/mol. The predicted octanol–water partition coefficient (Wildman–Crippen LogP) is 3.93. The molecule has 1 aromatic carbocycles. The molecule has 0 aliphatic carbocycles. The number of carbonyl (C=O) groups excluding carboxylic acids is 1. The lowest BCUT2D eigenvalue weighted by molar-refractivity contribution is 0.0526. The van der Waals surface area contributed by atoms with Crippen LogP contribution in [0.25, 0.3) is 22.0 Å². The molecule has 11 heteroatoms. The monoisotopic (exact) mass is 491 g/mol. The van der Waals surface area contributed by atoms with Gasteiger partial charge in [0.25, 0.3) is 5.56 Å². The van der Waals surface area contributed by atoms with Crippen molar-refractivity contribution in [3.63, 3.8) is 0 Å². The van der Waals surface area contributed by atoms with Gasteiger partial charge in [-0.2, -0.15) is 4.98 Å². The minimum atomic E-state index is -0.538. The first kappa shape index (κ1) is 22.7. The summed E-state index contributed by atoms with van der Waals surface area (Å²) in [5.74, 6) is 1.19. The largest absolute Gasteiger partial charge is 0.467 e. The smallest absolute Gasteiger partial charge is 0.342 e. The van der Waals surface area contributed by atoms with Gasteiger partial charge in [-0.3, -0.25) is 9.36 Å². The van der Waals surface area contributed by atoms with Crippen molar-refractivity contribution < 1.29 is 18.4 Å². The second-order valence-corrected chi connectivity index (χ2v) is 8.57. The molecule has 5 aromatic rings. The Morgan fingerprint density at radius 1 is 1.17 bits per heavy atom. The van der Waals surface area contributed by atoms with Crippen molar-refractivity contribution in [3.05, 3.63) is 75.9 Å². The van der Waals surface area contributed by atoms with Crippen molar-refractivity contribution >= 4 is 45.6 Å². The summed E-state index contributed by atoms with van der Waals surface area (Å²) < 4.78 is 17.8. The summed E-state index contributed by atoms with van der Waals surface area (Å²) in [5.41, 5.74) is 7.02. The molecule has 0 aliphatic heterocycles. The van der Waals surface area contributed by atoms with Crippen LogP contribution < -0.4 is 11.3 Å². The van der Waals surface area contributed by atoms with Gasteiger partial charge in [-0.25, -0.2) is 14.8 Å².